The van der Waals surface area contributed by atoms with E-state index in [0.717, 1.165) is 24.3 Å². The maximum Gasteiger partial charge on any atom is 0.324 e. The van der Waals surface area contributed by atoms with Gasteiger partial charge in [-0.3, -0.25) is 14.4 Å². The second kappa shape index (κ2) is 19.9. The molecule has 0 unspecified atom stereocenters. The monoisotopic (exact) mass is 707 g/mol. The van der Waals surface area contributed by atoms with E-state index in [2.05, 4.69) is 22.0 Å². The van der Waals surface area contributed by atoms with Crippen molar-refractivity contribution in [1.82, 2.24) is 14.9 Å². The zero-order valence-corrected chi connectivity index (χ0v) is 29.8. The number of sulfonamides is 1. The molecule has 1 fully saturated rings. The lowest BCUT2D eigenvalue weighted by Gasteiger charge is -2.28. The Morgan fingerprint density at radius 1 is 0.900 bits per heavy atom. The number of carbonyl (C=O) groups is 3. The summed E-state index contributed by atoms with van der Waals surface area (Å²) in [4.78, 5) is 39.2. The Morgan fingerprint density at radius 3 is 2.36 bits per heavy atom. The lowest BCUT2D eigenvalue weighted by atomic mass is 9.92. The predicted octanol–water partition coefficient (Wildman–Crippen LogP) is 4.55. The van der Waals surface area contributed by atoms with E-state index < -0.39 is 27.9 Å². The van der Waals surface area contributed by atoms with E-state index in [4.69, 9.17) is 14.2 Å². The molecule has 1 aliphatic rings. The molecule has 0 radical (unpaired) electrons. The molecule has 12 heteroatoms. The van der Waals surface area contributed by atoms with E-state index in [1.54, 1.807) is 0 Å². The van der Waals surface area contributed by atoms with Crippen molar-refractivity contribution in [2.24, 2.45) is 5.92 Å². The van der Waals surface area contributed by atoms with E-state index in [1.807, 2.05) is 54.6 Å². The van der Waals surface area contributed by atoms with Crippen LogP contribution in [0.4, 0.5) is 0 Å². The number of nitrogens with zero attached hydrogens (tertiary/aromatic N) is 1. The van der Waals surface area contributed by atoms with Gasteiger partial charge in [-0.15, -0.1) is 0 Å². The molecule has 1 saturated heterocycles. The van der Waals surface area contributed by atoms with Crippen molar-refractivity contribution in [2.75, 3.05) is 46.5 Å². The first-order valence-electron chi connectivity index (χ1n) is 17.2. The van der Waals surface area contributed by atoms with Gasteiger partial charge in [-0.25, -0.2) is 8.42 Å². The van der Waals surface area contributed by atoms with Crippen LogP contribution in [0.25, 0.3) is 0 Å². The number of unbranched alkanes of at least 4 members (excludes halogenated alkanes) is 1. The lowest BCUT2D eigenvalue weighted by molar-refractivity contribution is -0.147. The van der Waals surface area contributed by atoms with Gasteiger partial charge in [0.05, 0.1) is 18.1 Å². The van der Waals surface area contributed by atoms with Gasteiger partial charge in [-0.05, 0) is 107 Å². The number of Topliss-reactive ketones (excluding diaryl/α,β-unsaturated/α-hetero) is 1. The van der Waals surface area contributed by atoms with Gasteiger partial charge in [0, 0.05) is 12.1 Å². The Hall–Kier alpha value is -4.10. The maximum atomic E-state index is 13.6. The van der Waals surface area contributed by atoms with Crippen LogP contribution in [0.15, 0.2) is 83.8 Å². The number of rotatable bonds is 20. The molecule has 0 saturated carbocycles. The zero-order valence-electron chi connectivity index (χ0n) is 29.0. The summed E-state index contributed by atoms with van der Waals surface area (Å²) in [6.07, 6.45) is 5.89. The number of likely N-dealkylation sites (tertiary alicyclic amines) is 1. The fourth-order valence-corrected chi connectivity index (χ4v) is 6.88. The highest BCUT2D eigenvalue weighted by Gasteiger charge is 2.28. The van der Waals surface area contributed by atoms with Crippen molar-refractivity contribution >= 4 is 27.7 Å². The summed E-state index contributed by atoms with van der Waals surface area (Å²) < 4.78 is 46.3. The normalized spacial score (nSPS) is 14.5. The van der Waals surface area contributed by atoms with E-state index in [1.165, 1.54) is 63.5 Å². The Bertz CT molecular complexity index is 1630. The molecule has 3 aromatic carbocycles. The van der Waals surface area contributed by atoms with Gasteiger partial charge in [0.2, 0.25) is 10.0 Å². The fraction of sp³-hybridized carbons (Fsp3) is 0.447. The van der Waals surface area contributed by atoms with Crippen molar-refractivity contribution in [3.05, 3.63) is 95.6 Å². The molecule has 3 aromatic rings. The maximum absolute atomic E-state index is 13.6. The topological polar surface area (TPSA) is 140 Å². The molecule has 0 bridgehead atoms. The third-order valence-corrected chi connectivity index (χ3v) is 10.00. The molecular formula is C38H49N3O8S. The number of carbonyl (C=O) groups excluding carboxylic acids is 3. The number of benzene rings is 3. The summed E-state index contributed by atoms with van der Waals surface area (Å²) in [5, 5.41) is 2.64. The van der Waals surface area contributed by atoms with Crippen LogP contribution in [-0.4, -0.2) is 83.5 Å². The van der Waals surface area contributed by atoms with Crippen LogP contribution < -0.4 is 14.8 Å². The van der Waals surface area contributed by atoms with Crippen LogP contribution in [0.1, 0.15) is 60.5 Å². The minimum atomic E-state index is -4.26. The Kier molecular flexibility index (Phi) is 15.4. The van der Waals surface area contributed by atoms with Crippen molar-refractivity contribution in [1.29, 1.82) is 0 Å². The third-order valence-electron chi connectivity index (χ3n) is 8.53. The number of esters is 1. The highest BCUT2D eigenvalue weighted by molar-refractivity contribution is 7.89. The lowest BCUT2D eigenvalue weighted by Crippen LogP contribution is -2.43. The van der Waals surface area contributed by atoms with Crippen molar-refractivity contribution < 1.29 is 37.0 Å². The van der Waals surface area contributed by atoms with Crippen LogP contribution in [0.2, 0.25) is 0 Å². The number of nitrogens with one attached hydrogen (secondary N) is 2. The molecule has 0 aliphatic carbocycles. The number of hydrogen-bond donors (Lipinski definition) is 2. The molecule has 0 spiro atoms. The van der Waals surface area contributed by atoms with Gasteiger partial charge < -0.3 is 24.4 Å². The number of ketones is 1. The quantitative estimate of drug-likeness (QED) is 0.128. The number of ether oxygens (including phenoxy) is 3. The number of piperidine rings is 1. The summed E-state index contributed by atoms with van der Waals surface area (Å²) >= 11 is 0. The average Bonchev–Trinajstić information content (AvgIpc) is 3.11. The first-order chi connectivity index (χ1) is 24.1. The average molecular weight is 708 g/mol. The summed E-state index contributed by atoms with van der Waals surface area (Å²) in [5.41, 5.74) is 1.59. The second-order valence-corrected chi connectivity index (χ2v) is 14.5. The van der Waals surface area contributed by atoms with Crippen molar-refractivity contribution in [3.63, 3.8) is 0 Å². The first-order valence-corrected chi connectivity index (χ1v) is 18.7. The summed E-state index contributed by atoms with van der Waals surface area (Å²) in [7, 11) is -2.08. The van der Waals surface area contributed by atoms with E-state index in [0.29, 0.717) is 17.9 Å². The van der Waals surface area contributed by atoms with Crippen LogP contribution in [-0.2, 0) is 42.1 Å². The molecule has 2 N–H and O–H groups in total. The zero-order chi connectivity index (χ0) is 35.8. The molecule has 1 atom stereocenters. The van der Waals surface area contributed by atoms with Gasteiger partial charge >= 0.3 is 5.97 Å². The van der Waals surface area contributed by atoms with E-state index >= 15 is 0 Å². The van der Waals surface area contributed by atoms with Gasteiger partial charge in [-0.1, -0.05) is 55.0 Å². The summed E-state index contributed by atoms with van der Waals surface area (Å²) in [5.74, 6) is 0.134. The minimum Gasteiger partial charge on any atom is -0.494 e. The van der Waals surface area contributed by atoms with Gasteiger partial charge in [0.25, 0.3) is 5.91 Å². The third kappa shape index (κ3) is 13.3. The molecule has 11 nitrogen and oxygen atoms in total. The van der Waals surface area contributed by atoms with Gasteiger partial charge in [0.15, 0.2) is 5.78 Å². The highest BCUT2D eigenvalue weighted by Crippen LogP contribution is 2.22. The van der Waals surface area contributed by atoms with Crippen molar-refractivity contribution in [3.8, 4) is 5.75 Å². The summed E-state index contributed by atoms with van der Waals surface area (Å²) in [6, 6.07) is 20.7. The predicted molar refractivity (Wildman–Crippen MR) is 190 cm³/mol. The van der Waals surface area contributed by atoms with Crippen LogP contribution in [0.5, 0.6) is 5.75 Å². The molecule has 1 heterocycles. The standard InChI is InChI=1S/C38H49N3O8S/c1-29(42)27-47-24-20-39-37(43)33-12-8-13-35(26-33)50(45,46)40-36(38(44)49-28-32-10-4-3-5-11-32)25-31-14-16-34(17-15-31)48-23-7-6-9-30-18-21-41(2)22-19-30/h3-5,8,10-17,26,30,36,40H,6-7,9,18-25,27-28H2,1-2H3,(H,39,43)/t36-/m0/s1. The molecule has 0 aromatic heterocycles. The Morgan fingerprint density at radius 2 is 1.64 bits per heavy atom. The summed E-state index contributed by atoms with van der Waals surface area (Å²) in [6.45, 7) is 4.56. The van der Waals surface area contributed by atoms with Gasteiger partial charge in [0.1, 0.15) is 25.0 Å². The van der Waals surface area contributed by atoms with Crippen LogP contribution >= 0.6 is 0 Å². The van der Waals surface area contributed by atoms with Crippen LogP contribution in [0.3, 0.4) is 0 Å². The molecule has 270 valence electrons. The van der Waals surface area contributed by atoms with Crippen LogP contribution in [0, 0.1) is 5.92 Å². The smallest absolute Gasteiger partial charge is 0.324 e. The van der Waals surface area contributed by atoms with Gasteiger partial charge in [-0.2, -0.15) is 4.72 Å². The molecule has 50 heavy (non-hydrogen) atoms. The minimum absolute atomic E-state index is 0.0196. The number of amides is 1. The Balaban J connectivity index is 1.36. The molecule has 1 aliphatic heterocycles. The second-order valence-electron chi connectivity index (χ2n) is 12.7. The van der Waals surface area contributed by atoms with Crippen molar-refractivity contribution in [2.45, 2.75) is 63.0 Å². The molecular weight excluding hydrogens is 658 g/mol. The van der Waals surface area contributed by atoms with E-state index in [9.17, 15) is 22.8 Å². The Labute approximate surface area is 295 Å². The highest BCUT2D eigenvalue weighted by atomic mass is 32.2. The molecule has 1 amide bonds. The fourth-order valence-electron chi connectivity index (χ4n) is 5.65. The first kappa shape index (κ1) is 38.7. The van der Waals surface area contributed by atoms with E-state index in [-0.39, 0.29) is 49.0 Å². The SMILES string of the molecule is CC(=O)COCCNC(=O)c1cccc(S(=O)(=O)N[C@@H](Cc2ccc(OCCCCC3CCN(C)CC3)cc2)C(=O)OCc2ccccc2)c1. The largest absolute Gasteiger partial charge is 0.494 e. The molecule has 4 rings (SSSR count). The number of hydrogen-bond acceptors (Lipinski definition) is 9.